The van der Waals surface area contributed by atoms with Crippen LogP contribution in [0.25, 0.3) is 0 Å². The lowest BCUT2D eigenvalue weighted by Gasteiger charge is -2.26. The van der Waals surface area contributed by atoms with Crippen molar-refractivity contribution in [2.75, 3.05) is 18.0 Å². The summed E-state index contributed by atoms with van der Waals surface area (Å²) >= 11 is 0. The molecule has 0 aliphatic carbocycles. The van der Waals surface area contributed by atoms with Crippen LogP contribution in [-0.4, -0.2) is 29.1 Å². The Labute approximate surface area is 102 Å². The zero-order chi connectivity index (χ0) is 12.8. The number of rotatable bonds is 6. The van der Waals surface area contributed by atoms with Gasteiger partial charge in [-0.05, 0) is 18.9 Å². The first-order valence-electron chi connectivity index (χ1n) is 6.02. The van der Waals surface area contributed by atoms with Crippen LogP contribution in [0.4, 0.5) is 5.69 Å². The van der Waals surface area contributed by atoms with Crippen LogP contribution in [-0.2, 0) is 0 Å². The van der Waals surface area contributed by atoms with E-state index in [2.05, 4.69) is 23.7 Å². The summed E-state index contributed by atoms with van der Waals surface area (Å²) in [5.41, 5.74) is 1.04. The fraction of sp³-hybridized carbons (Fsp3) is 0.538. The Balaban J connectivity index is 2.99. The minimum atomic E-state index is -0.898. The molecule has 0 saturated carbocycles. The second-order valence-electron chi connectivity index (χ2n) is 4.25. The van der Waals surface area contributed by atoms with Crippen LogP contribution in [0.2, 0.25) is 0 Å². The topological polar surface area (TPSA) is 53.4 Å². The van der Waals surface area contributed by atoms with Crippen molar-refractivity contribution < 1.29 is 9.90 Å². The fourth-order valence-corrected chi connectivity index (χ4v) is 1.72. The number of anilines is 1. The van der Waals surface area contributed by atoms with Gasteiger partial charge in [-0.25, -0.2) is 4.79 Å². The van der Waals surface area contributed by atoms with Crippen LogP contribution in [0.1, 0.15) is 37.6 Å². The summed E-state index contributed by atoms with van der Waals surface area (Å²) in [6, 6.07) is 1.55. The molecule has 17 heavy (non-hydrogen) atoms. The minimum Gasteiger partial charge on any atom is -0.478 e. The summed E-state index contributed by atoms with van der Waals surface area (Å²) in [6.07, 6.45) is 4.23. The average molecular weight is 236 g/mol. The third kappa shape index (κ3) is 3.44. The lowest BCUT2D eigenvalue weighted by molar-refractivity contribution is 0.0697. The zero-order valence-corrected chi connectivity index (χ0v) is 10.7. The number of nitrogens with zero attached hydrogens (tertiary/aromatic N) is 2. The van der Waals surface area contributed by atoms with Crippen molar-refractivity contribution in [2.24, 2.45) is 5.92 Å². The second-order valence-corrected chi connectivity index (χ2v) is 4.25. The molecule has 4 heteroatoms. The van der Waals surface area contributed by atoms with E-state index in [4.69, 9.17) is 5.11 Å². The molecule has 0 bridgehead atoms. The predicted molar refractivity (Wildman–Crippen MR) is 68.5 cm³/mol. The van der Waals surface area contributed by atoms with Gasteiger partial charge in [-0.15, -0.1) is 0 Å². The molecule has 1 aromatic heterocycles. The first-order chi connectivity index (χ1) is 8.10. The molecule has 1 N–H and O–H groups in total. The fourth-order valence-electron chi connectivity index (χ4n) is 1.72. The highest BCUT2D eigenvalue weighted by Crippen LogP contribution is 2.20. The van der Waals surface area contributed by atoms with Crippen LogP contribution in [0, 0.1) is 5.92 Å². The Morgan fingerprint density at radius 3 is 2.76 bits per heavy atom. The van der Waals surface area contributed by atoms with E-state index < -0.39 is 5.97 Å². The second kappa shape index (κ2) is 6.23. The number of hydrogen-bond donors (Lipinski definition) is 1. The van der Waals surface area contributed by atoms with Crippen molar-refractivity contribution in [3.8, 4) is 0 Å². The molecule has 0 aliphatic rings. The van der Waals surface area contributed by atoms with Crippen molar-refractivity contribution in [3.63, 3.8) is 0 Å². The summed E-state index contributed by atoms with van der Waals surface area (Å²) < 4.78 is 0. The molecule has 1 heterocycles. The normalized spacial score (nSPS) is 12.2. The Morgan fingerprint density at radius 1 is 1.53 bits per heavy atom. The highest BCUT2D eigenvalue weighted by atomic mass is 16.4. The molecule has 0 aromatic carbocycles. The van der Waals surface area contributed by atoms with Gasteiger partial charge in [-0.2, -0.15) is 0 Å². The van der Waals surface area contributed by atoms with Crippen LogP contribution < -0.4 is 4.90 Å². The molecule has 0 saturated heterocycles. The van der Waals surface area contributed by atoms with E-state index in [1.807, 2.05) is 6.92 Å². The van der Waals surface area contributed by atoms with Crippen LogP contribution in [0.5, 0.6) is 0 Å². The highest BCUT2D eigenvalue weighted by Gasteiger charge is 2.16. The number of aromatic carboxylic acids is 1. The molecule has 94 valence electrons. The van der Waals surface area contributed by atoms with Gasteiger partial charge in [0.25, 0.3) is 0 Å². The molecule has 4 nitrogen and oxygen atoms in total. The van der Waals surface area contributed by atoms with E-state index in [0.717, 1.165) is 19.5 Å². The molecule has 0 amide bonds. The van der Waals surface area contributed by atoms with Crippen LogP contribution >= 0.6 is 0 Å². The lowest BCUT2D eigenvalue weighted by atomic mass is 10.1. The number of pyridine rings is 1. The average Bonchev–Trinajstić information content (AvgIpc) is 2.35. The molecule has 0 radical (unpaired) electrons. The zero-order valence-electron chi connectivity index (χ0n) is 10.7. The molecule has 0 spiro atoms. The number of aromatic nitrogens is 1. The summed E-state index contributed by atoms with van der Waals surface area (Å²) in [6.45, 7) is 7.98. The molecule has 1 rings (SSSR count). The number of carboxylic acids is 1. The van der Waals surface area contributed by atoms with Crippen molar-refractivity contribution in [2.45, 2.75) is 27.2 Å². The summed E-state index contributed by atoms with van der Waals surface area (Å²) in [5, 5.41) is 9.15. The molecule has 1 atom stereocenters. The number of hydrogen-bond acceptors (Lipinski definition) is 3. The van der Waals surface area contributed by atoms with E-state index >= 15 is 0 Å². The summed E-state index contributed by atoms with van der Waals surface area (Å²) in [5.74, 6) is -0.359. The van der Waals surface area contributed by atoms with E-state index in [9.17, 15) is 4.79 Å². The Bertz CT molecular complexity index is 379. The standard InChI is InChI=1S/C13H20N2O2/c1-4-10(3)9-15(5-2)12-8-14-7-6-11(12)13(16)17/h6-8,10H,4-5,9H2,1-3H3,(H,16,17). The molecular formula is C13H20N2O2. The van der Waals surface area contributed by atoms with Crippen molar-refractivity contribution in [3.05, 3.63) is 24.0 Å². The van der Waals surface area contributed by atoms with Gasteiger partial charge in [0.2, 0.25) is 0 Å². The van der Waals surface area contributed by atoms with Crippen molar-refractivity contribution >= 4 is 11.7 Å². The number of carbonyl (C=O) groups is 1. The quantitative estimate of drug-likeness (QED) is 0.825. The van der Waals surface area contributed by atoms with Crippen LogP contribution in [0.15, 0.2) is 18.5 Å². The first kappa shape index (κ1) is 13.5. The first-order valence-corrected chi connectivity index (χ1v) is 6.02. The van der Waals surface area contributed by atoms with Crippen molar-refractivity contribution in [1.29, 1.82) is 0 Å². The van der Waals surface area contributed by atoms with Crippen LogP contribution in [0.3, 0.4) is 0 Å². The summed E-state index contributed by atoms with van der Waals surface area (Å²) in [7, 11) is 0. The van der Waals surface area contributed by atoms with Gasteiger partial charge in [0, 0.05) is 19.3 Å². The lowest BCUT2D eigenvalue weighted by Crippen LogP contribution is -2.29. The van der Waals surface area contributed by atoms with E-state index in [-0.39, 0.29) is 0 Å². The monoisotopic (exact) mass is 236 g/mol. The molecule has 1 unspecified atom stereocenters. The van der Waals surface area contributed by atoms with Gasteiger partial charge in [0.05, 0.1) is 17.4 Å². The maximum atomic E-state index is 11.1. The molecular weight excluding hydrogens is 216 g/mol. The molecule has 0 fully saturated rings. The van der Waals surface area contributed by atoms with Gasteiger partial charge >= 0.3 is 5.97 Å². The molecule has 1 aromatic rings. The van der Waals surface area contributed by atoms with E-state index in [1.165, 1.54) is 6.20 Å². The Hall–Kier alpha value is -1.58. The van der Waals surface area contributed by atoms with Crippen molar-refractivity contribution in [1.82, 2.24) is 4.98 Å². The Kier molecular flexibility index (Phi) is 4.94. The summed E-state index contributed by atoms with van der Waals surface area (Å²) in [4.78, 5) is 17.2. The SMILES string of the molecule is CCC(C)CN(CC)c1cnccc1C(=O)O. The third-order valence-corrected chi connectivity index (χ3v) is 2.98. The van der Waals surface area contributed by atoms with Gasteiger partial charge < -0.3 is 10.0 Å². The van der Waals surface area contributed by atoms with Gasteiger partial charge in [0.15, 0.2) is 0 Å². The predicted octanol–water partition coefficient (Wildman–Crippen LogP) is 2.65. The largest absolute Gasteiger partial charge is 0.478 e. The van der Waals surface area contributed by atoms with Gasteiger partial charge in [-0.1, -0.05) is 20.3 Å². The number of carboxylic acid groups (broad SMARTS) is 1. The third-order valence-electron chi connectivity index (χ3n) is 2.98. The Morgan fingerprint density at radius 2 is 2.24 bits per heavy atom. The van der Waals surface area contributed by atoms with E-state index in [0.29, 0.717) is 17.2 Å². The van der Waals surface area contributed by atoms with Gasteiger partial charge in [0.1, 0.15) is 0 Å². The minimum absolute atomic E-state index is 0.324. The highest BCUT2D eigenvalue weighted by molar-refractivity contribution is 5.94. The maximum absolute atomic E-state index is 11.1. The van der Waals surface area contributed by atoms with Gasteiger partial charge in [-0.3, -0.25) is 4.98 Å². The van der Waals surface area contributed by atoms with E-state index in [1.54, 1.807) is 12.3 Å². The molecule has 0 aliphatic heterocycles. The smallest absolute Gasteiger partial charge is 0.337 e. The maximum Gasteiger partial charge on any atom is 0.337 e.